The van der Waals surface area contributed by atoms with E-state index < -0.39 is 0 Å². The van der Waals surface area contributed by atoms with Crippen molar-refractivity contribution in [3.05, 3.63) is 187 Å². The summed E-state index contributed by atoms with van der Waals surface area (Å²) in [7, 11) is 0. The molecule has 2 nitrogen and oxygen atoms in total. The van der Waals surface area contributed by atoms with E-state index in [1.54, 1.807) is 0 Å². The summed E-state index contributed by atoms with van der Waals surface area (Å²) in [5, 5.41) is 4.67. The van der Waals surface area contributed by atoms with Crippen LogP contribution in [0.3, 0.4) is 0 Å². The van der Waals surface area contributed by atoms with Gasteiger partial charge in [0.15, 0.2) is 5.58 Å². The standard InChI is InChI=1S/C51H35NO/c1-51(2)43-20-10-9-17-42(43)49-37(18-11-21-44(49)51)36-25-28-40-41-19-12-22-45(50(41)53-48(40)31-36)52-46-29-34(32-13-5-3-6-14-32)23-26-38(46)39-27-24-35(30-47(39)52)33-15-7-4-8-16-33/h3-31H,1-2H3. The molecule has 0 saturated heterocycles. The first-order chi connectivity index (χ1) is 26.0. The molecule has 1 aliphatic carbocycles. The molecule has 0 amide bonds. The highest BCUT2D eigenvalue weighted by Gasteiger charge is 2.36. The fourth-order valence-electron chi connectivity index (χ4n) is 9.02. The summed E-state index contributed by atoms with van der Waals surface area (Å²) in [6, 6.07) is 64.0. The largest absolute Gasteiger partial charge is 0.454 e. The molecule has 1 aliphatic rings. The molecule has 0 fully saturated rings. The van der Waals surface area contributed by atoms with Crippen molar-refractivity contribution in [1.82, 2.24) is 4.57 Å². The minimum Gasteiger partial charge on any atom is -0.454 e. The lowest BCUT2D eigenvalue weighted by atomic mass is 9.82. The molecule has 11 rings (SSSR count). The summed E-state index contributed by atoms with van der Waals surface area (Å²) in [5.74, 6) is 0. The highest BCUT2D eigenvalue weighted by molar-refractivity contribution is 6.14. The molecule has 0 bridgehead atoms. The number of hydrogen-bond donors (Lipinski definition) is 0. The van der Waals surface area contributed by atoms with Gasteiger partial charge >= 0.3 is 0 Å². The summed E-state index contributed by atoms with van der Waals surface area (Å²) in [5.41, 5.74) is 17.7. The number of hydrogen-bond acceptors (Lipinski definition) is 1. The number of furan rings is 1. The van der Waals surface area contributed by atoms with Gasteiger partial charge in [0, 0.05) is 27.0 Å². The Kier molecular flexibility index (Phi) is 6.33. The van der Waals surface area contributed by atoms with Gasteiger partial charge in [0.05, 0.1) is 16.7 Å². The normalized spacial score (nSPS) is 13.2. The van der Waals surface area contributed by atoms with E-state index in [0.717, 1.165) is 38.7 Å². The zero-order chi connectivity index (χ0) is 35.3. The fourth-order valence-corrected chi connectivity index (χ4v) is 9.02. The van der Waals surface area contributed by atoms with Gasteiger partial charge in [-0.2, -0.15) is 0 Å². The highest BCUT2D eigenvalue weighted by Crippen LogP contribution is 2.52. The van der Waals surface area contributed by atoms with E-state index in [-0.39, 0.29) is 5.41 Å². The lowest BCUT2D eigenvalue weighted by Gasteiger charge is -2.21. The van der Waals surface area contributed by atoms with E-state index >= 15 is 0 Å². The van der Waals surface area contributed by atoms with Gasteiger partial charge in [-0.25, -0.2) is 0 Å². The Bertz CT molecular complexity index is 2970. The Morgan fingerprint density at radius 1 is 0.415 bits per heavy atom. The second-order valence-corrected chi connectivity index (χ2v) is 14.9. The molecule has 2 aromatic heterocycles. The Labute approximate surface area is 308 Å². The first-order valence-electron chi connectivity index (χ1n) is 18.4. The van der Waals surface area contributed by atoms with Gasteiger partial charge in [-0.1, -0.05) is 159 Å². The zero-order valence-electron chi connectivity index (χ0n) is 29.6. The first kappa shape index (κ1) is 30.0. The third-order valence-electron chi connectivity index (χ3n) is 11.6. The van der Waals surface area contributed by atoms with Crippen molar-refractivity contribution in [2.75, 3.05) is 0 Å². The van der Waals surface area contributed by atoms with Gasteiger partial charge in [-0.05, 0) is 86.0 Å². The van der Waals surface area contributed by atoms with Crippen LogP contribution in [0.25, 0.3) is 93.9 Å². The Hall–Kier alpha value is -6.64. The SMILES string of the molecule is CC1(C)c2ccccc2-c2c(-c3ccc4c(c3)oc3c(-n5c6cc(-c7ccccc7)ccc6c6ccc(-c7ccccc7)cc65)cccc34)cccc21. The number of aromatic nitrogens is 1. The Morgan fingerprint density at radius 3 is 1.68 bits per heavy atom. The zero-order valence-corrected chi connectivity index (χ0v) is 29.6. The molecule has 8 aromatic carbocycles. The average molecular weight is 678 g/mol. The van der Waals surface area contributed by atoms with Crippen molar-refractivity contribution in [2.45, 2.75) is 19.3 Å². The molecule has 10 aromatic rings. The number of nitrogens with zero attached hydrogens (tertiary/aromatic N) is 1. The lowest BCUT2D eigenvalue weighted by Crippen LogP contribution is -2.14. The summed E-state index contributed by atoms with van der Waals surface area (Å²) >= 11 is 0. The quantitative estimate of drug-likeness (QED) is 0.181. The van der Waals surface area contributed by atoms with Crippen LogP contribution in [0.5, 0.6) is 0 Å². The van der Waals surface area contributed by atoms with Gasteiger partial charge in [0.1, 0.15) is 5.58 Å². The topological polar surface area (TPSA) is 18.1 Å². The van der Waals surface area contributed by atoms with E-state index in [1.807, 2.05) is 0 Å². The van der Waals surface area contributed by atoms with Crippen LogP contribution >= 0.6 is 0 Å². The molecule has 0 aliphatic heterocycles. The van der Waals surface area contributed by atoms with Gasteiger partial charge in [-0.3, -0.25) is 0 Å². The van der Waals surface area contributed by atoms with Crippen molar-refractivity contribution in [3.8, 4) is 50.2 Å². The van der Waals surface area contributed by atoms with Gasteiger partial charge in [-0.15, -0.1) is 0 Å². The molecule has 0 N–H and O–H groups in total. The number of fused-ring (bicyclic) bond motifs is 9. The summed E-state index contributed by atoms with van der Waals surface area (Å²) in [6.45, 7) is 4.68. The Morgan fingerprint density at radius 2 is 0.981 bits per heavy atom. The molecule has 0 radical (unpaired) electrons. The maximum absolute atomic E-state index is 7.01. The minimum atomic E-state index is -0.0522. The number of benzene rings is 8. The van der Waals surface area contributed by atoms with Gasteiger partial charge in [0.2, 0.25) is 0 Å². The molecule has 0 unspecified atom stereocenters. The molecule has 2 heterocycles. The van der Waals surface area contributed by atoms with Crippen LogP contribution in [-0.4, -0.2) is 4.57 Å². The second kappa shape index (κ2) is 11.2. The molecular weight excluding hydrogens is 643 g/mol. The van der Waals surface area contributed by atoms with E-state index in [1.165, 1.54) is 66.4 Å². The smallest absolute Gasteiger partial charge is 0.159 e. The maximum atomic E-state index is 7.01. The third-order valence-corrected chi connectivity index (χ3v) is 11.6. The van der Waals surface area contributed by atoms with Crippen molar-refractivity contribution in [2.24, 2.45) is 0 Å². The van der Waals surface area contributed by atoms with E-state index in [2.05, 4.69) is 194 Å². The first-order valence-corrected chi connectivity index (χ1v) is 18.4. The second-order valence-electron chi connectivity index (χ2n) is 14.9. The molecule has 0 atom stereocenters. The van der Waals surface area contributed by atoms with E-state index in [4.69, 9.17) is 4.42 Å². The van der Waals surface area contributed by atoms with Crippen LogP contribution in [0.4, 0.5) is 0 Å². The minimum absolute atomic E-state index is 0.0522. The number of rotatable bonds is 4. The molecular formula is C51H35NO. The van der Waals surface area contributed by atoms with Gasteiger partial charge in [0.25, 0.3) is 0 Å². The monoisotopic (exact) mass is 677 g/mol. The molecule has 2 heteroatoms. The van der Waals surface area contributed by atoms with Crippen LogP contribution in [0.15, 0.2) is 180 Å². The predicted octanol–water partition coefficient (Wildman–Crippen LogP) is 14.0. The van der Waals surface area contributed by atoms with Crippen LogP contribution in [0.2, 0.25) is 0 Å². The molecule has 0 saturated carbocycles. The van der Waals surface area contributed by atoms with E-state index in [9.17, 15) is 0 Å². The van der Waals surface area contributed by atoms with Crippen LogP contribution in [-0.2, 0) is 5.41 Å². The van der Waals surface area contributed by atoms with Crippen LogP contribution in [0, 0.1) is 0 Å². The van der Waals surface area contributed by atoms with Crippen molar-refractivity contribution in [1.29, 1.82) is 0 Å². The summed E-state index contributed by atoms with van der Waals surface area (Å²) in [4.78, 5) is 0. The summed E-state index contributed by atoms with van der Waals surface area (Å²) < 4.78 is 9.42. The average Bonchev–Trinajstić information content (AvgIpc) is 3.83. The van der Waals surface area contributed by atoms with Crippen LogP contribution < -0.4 is 0 Å². The Balaban J connectivity index is 1.15. The number of para-hydroxylation sites is 1. The molecule has 53 heavy (non-hydrogen) atoms. The lowest BCUT2D eigenvalue weighted by molar-refractivity contribution is 0.660. The maximum Gasteiger partial charge on any atom is 0.159 e. The van der Waals surface area contributed by atoms with Crippen molar-refractivity contribution < 1.29 is 4.42 Å². The molecule has 250 valence electrons. The van der Waals surface area contributed by atoms with Crippen molar-refractivity contribution in [3.63, 3.8) is 0 Å². The third kappa shape index (κ3) is 4.39. The highest BCUT2D eigenvalue weighted by atomic mass is 16.3. The fraction of sp³-hybridized carbons (Fsp3) is 0.0588. The predicted molar refractivity (Wildman–Crippen MR) is 222 cm³/mol. The van der Waals surface area contributed by atoms with Gasteiger partial charge < -0.3 is 8.98 Å². The summed E-state index contributed by atoms with van der Waals surface area (Å²) in [6.07, 6.45) is 0. The van der Waals surface area contributed by atoms with Crippen LogP contribution in [0.1, 0.15) is 25.0 Å². The van der Waals surface area contributed by atoms with Crippen molar-refractivity contribution >= 4 is 43.7 Å². The van der Waals surface area contributed by atoms with E-state index in [0.29, 0.717) is 0 Å². The molecule has 0 spiro atoms.